The van der Waals surface area contributed by atoms with E-state index in [9.17, 15) is 71.0 Å². The number of halogens is 5. The smallest absolute Gasteiger partial charge is 0.386 e. The summed E-state index contributed by atoms with van der Waals surface area (Å²) < 4.78 is 98.8. The van der Waals surface area contributed by atoms with Crippen LogP contribution in [0.5, 0.6) is 0 Å². The van der Waals surface area contributed by atoms with Crippen LogP contribution in [-0.2, 0) is 50.7 Å². The quantitative estimate of drug-likeness (QED) is 0.0568. The first-order valence-corrected chi connectivity index (χ1v) is 24.1. The van der Waals surface area contributed by atoms with Crippen molar-refractivity contribution in [2.45, 2.75) is 63.5 Å². The number of imidazole rings is 1. The molecule has 3 heterocycles. The van der Waals surface area contributed by atoms with Gasteiger partial charge in [0, 0.05) is 42.9 Å². The van der Waals surface area contributed by atoms with Crippen LogP contribution in [0.15, 0.2) is 22.1 Å². The number of thioether (sulfide) groups is 2. The van der Waals surface area contributed by atoms with Gasteiger partial charge < -0.3 is 50.9 Å². The Hall–Kier alpha value is -1.98. The first-order chi connectivity index (χ1) is 28.0. The van der Waals surface area contributed by atoms with Crippen molar-refractivity contribution in [1.82, 2.24) is 30.2 Å². The summed E-state index contributed by atoms with van der Waals surface area (Å²) in [5.74, 6) is -1.64. The van der Waals surface area contributed by atoms with Crippen molar-refractivity contribution < 1.29 is 93.7 Å². The minimum Gasteiger partial charge on any atom is -0.386 e. The summed E-state index contributed by atoms with van der Waals surface area (Å²) in [6, 6.07) is 0. The van der Waals surface area contributed by atoms with Gasteiger partial charge in [-0.3, -0.25) is 32.5 Å². The summed E-state index contributed by atoms with van der Waals surface area (Å²) >= 11 is 12.0. The summed E-state index contributed by atoms with van der Waals surface area (Å²) in [7, 11) is -16.5. The number of ether oxygens (including phenoxy) is 1. The lowest BCUT2D eigenvalue weighted by molar-refractivity contribution is -0.137. The maximum Gasteiger partial charge on any atom is 0.481 e. The number of aliphatic hydroxyl groups is 2. The Balaban J connectivity index is 1.43. The Morgan fingerprint density at radius 3 is 2.30 bits per heavy atom. The van der Waals surface area contributed by atoms with Gasteiger partial charge in [-0.25, -0.2) is 28.6 Å². The lowest BCUT2D eigenvalue weighted by atomic mass is 9.87. The second-order valence-corrected chi connectivity index (χ2v) is 20.4. The van der Waals surface area contributed by atoms with Crippen LogP contribution in [0.1, 0.15) is 32.9 Å². The number of phosphoric ester groups is 3. The van der Waals surface area contributed by atoms with E-state index in [0.29, 0.717) is 11.8 Å². The van der Waals surface area contributed by atoms with Gasteiger partial charge in [0.1, 0.15) is 41.3 Å². The van der Waals surface area contributed by atoms with Crippen molar-refractivity contribution in [3.05, 3.63) is 22.1 Å². The number of amides is 2. The molecule has 2 unspecified atom stereocenters. The fourth-order valence-electron chi connectivity index (χ4n) is 4.77. The first kappa shape index (κ1) is 53.4. The molecule has 2 amide bonds. The van der Waals surface area contributed by atoms with Crippen molar-refractivity contribution in [2.75, 3.05) is 43.5 Å². The highest BCUT2D eigenvalue weighted by atomic mass is 35.5. The van der Waals surface area contributed by atoms with Gasteiger partial charge in [-0.15, -0.1) is 11.8 Å². The Bertz CT molecular complexity index is 2070. The van der Waals surface area contributed by atoms with Crippen LogP contribution >= 0.6 is 70.2 Å². The highest BCUT2D eigenvalue weighted by molar-refractivity contribution is 8.13. The molecule has 1 saturated heterocycles. The number of fused-ring (bicyclic) bond motifs is 1. The van der Waals surface area contributed by atoms with Crippen molar-refractivity contribution in [1.29, 1.82) is 0 Å². The van der Waals surface area contributed by atoms with E-state index in [1.54, 1.807) is 0 Å². The van der Waals surface area contributed by atoms with E-state index in [2.05, 4.69) is 34.4 Å². The summed E-state index contributed by atoms with van der Waals surface area (Å²) in [6.07, 6.45) is -12.2. The third-order valence-corrected chi connectivity index (χ3v) is 13.7. The molecule has 1 aliphatic heterocycles. The number of nitrogen functional groups attached to an aromatic ring is 1. The molecule has 0 saturated carbocycles. The standard InChI is InChI=1S/C27H39Cl2F3N7O17P3S2/c1-26(2,20(43)24(44)35-5-3-14(40)34-6-8-60-15(41)4-7-61-21(29)19(28)27(30,31)32)10-53-59(50,51)56-58(48,49)52-9-13-18(55-57(45,46)47)17(42)25(54-13)39-12-38-16-22(33)36-11-37-23(16)39/h11-13,17-18,20,25,42-43H,3-10H2,1-2H3,(H,34,40)(H,35,44)(H,48,49)(H,50,51)(H2,33,36,37)(H2,45,46,47)/b21-19-/t13-,17-,18-,20+,25-/m1/s1. The molecule has 10 N–H and O–H groups in total. The van der Waals surface area contributed by atoms with Crippen LogP contribution in [0.25, 0.3) is 11.2 Å². The van der Waals surface area contributed by atoms with Crippen molar-refractivity contribution in [3.63, 3.8) is 0 Å². The number of aromatic nitrogens is 4. The van der Waals surface area contributed by atoms with Crippen LogP contribution in [0, 0.1) is 5.41 Å². The van der Waals surface area contributed by atoms with Gasteiger partial charge in [0.2, 0.25) is 11.8 Å². The molecular weight excluding hydrogens is 979 g/mol. The number of nitrogens with two attached hydrogens (primary N) is 1. The summed E-state index contributed by atoms with van der Waals surface area (Å²) in [6.45, 7) is 0.000933. The van der Waals surface area contributed by atoms with Gasteiger partial charge in [-0.05, 0) is 0 Å². The molecule has 7 atom stereocenters. The number of alkyl halides is 3. The normalized spacial score (nSPS) is 21.7. The fraction of sp³-hybridized carbons (Fsp3) is 0.630. The molecular formula is C27H39Cl2F3N7O17P3S2. The number of anilines is 1. The molecule has 34 heteroatoms. The van der Waals surface area contributed by atoms with Crippen molar-refractivity contribution in [3.8, 4) is 0 Å². The first-order valence-electron chi connectivity index (χ1n) is 16.8. The van der Waals surface area contributed by atoms with Crippen molar-refractivity contribution in [2.24, 2.45) is 5.41 Å². The molecule has 0 radical (unpaired) electrons. The number of carbonyl (C=O) groups is 3. The molecule has 1 fully saturated rings. The number of phosphoric acid groups is 3. The van der Waals surface area contributed by atoms with Crippen LogP contribution in [0.3, 0.4) is 0 Å². The highest BCUT2D eigenvalue weighted by Gasteiger charge is 2.50. The average Bonchev–Trinajstić information content (AvgIpc) is 3.70. The third kappa shape index (κ3) is 16.8. The zero-order valence-electron chi connectivity index (χ0n) is 31.3. The number of nitrogens with one attached hydrogen (secondary N) is 2. The zero-order valence-corrected chi connectivity index (χ0v) is 37.1. The molecule has 24 nitrogen and oxygen atoms in total. The van der Waals surface area contributed by atoms with Gasteiger partial charge in [0.05, 0.1) is 23.9 Å². The largest absolute Gasteiger partial charge is 0.481 e. The van der Waals surface area contributed by atoms with Gasteiger partial charge in [-0.1, -0.05) is 48.8 Å². The molecule has 61 heavy (non-hydrogen) atoms. The topological polar surface area (TPSA) is 364 Å². The molecule has 0 aliphatic carbocycles. The van der Waals surface area contributed by atoms with E-state index < -0.39 is 100 Å². The van der Waals surface area contributed by atoms with E-state index in [1.807, 2.05) is 0 Å². The highest BCUT2D eigenvalue weighted by Crippen LogP contribution is 2.61. The van der Waals surface area contributed by atoms with E-state index in [-0.39, 0.29) is 59.5 Å². The van der Waals surface area contributed by atoms with Crippen LogP contribution in [0.4, 0.5) is 19.0 Å². The summed E-state index contributed by atoms with van der Waals surface area (Å²) in [4.78, 5) is 87.5. The maximum atomic E-state index is 12.7. The van der Waals surface area contributed by atoms with E-state index in [4.69, 9.17) is 42.7 Å². The van der Waals surface area contributed by atoms with E-state index in [0.717, 1.165) is 29.0 Å². The number of nitrogens with zero attached hydrogens (tertiary/aromatic N) is 4. The Morgan fingerprint density at radius 2 is 1.66 bits per heavy atom. The SMILES string of the molecule is CC(C)(COP(=O)(O)OP(=O)(O)OC[C@H]1O[C@@H](n2cnc3c(N)ncnc32)[C@H](O)[C@@H]1OP(=O)(O)O)[C@@H](O)C(=O)NCCC(=O)NCCSC(=O)CCS/C(Cl)=C(\Cl)C(F)(F)F. The maximum absolute atomic E-state index is 12.7. The van der Waals surface area contributed by atoms with Crippen LogP contribution in [-0.4, -0.2) is 135 Å². The molecule has 3 rings (SSSR count). The van der Waals surface area contributed by atoms with Gasteiger partial charge in [0.15, 0.2) is 22.8 Å². The average molecular weight is 1020 g/mol. The minimum atomic E-state index is -5.62. The predicted molar refractivity (Wildman–Crippen MR) is 209 cm³/mol. The zero-order chi connectivity index (χ0) is 46.1. The second-order valence-electron chi connectivity index (χ2n) is 13.0. The molecule has 346 valence electrons. The van der Waals surface area contributed by atoms with Gasteiger partial charge >= 0.3 is 29.6 Å². The van der Waals surface area contributed by atoms with Crippen LogP contribution in [0.2, 0.25) is 0 Å². The lowest BCUT2D eigenvalue weighted by Crippen LogP contribution is -2.46. The summed E-state index contributed by atoms with van der Waals surface area (Å²) in [5, 5.41) is 24.3. The number of carbonyl (C=O) groups excluding carboxylic acids is 3. The molecule has 0 aromatic carbocycles. The van der Waals surface area contributed by atoms with Crippen LogP contribution < -0.4 is 16.4 Å². The Labute approximate surface area is 361 Å². The van der Waals surface area contributed by atoms with Crippen molar-refractivity contribution >= 4 is 104 Å². The fourth-order valence-corrected chi connectivity index (χ4v) is 9.61. The minimum absolute atomic E-state index is 0.00687. The third-order valence-electron chi connectivity index (χ3n) is 7.72. The van der Waals surface area contributed by atoms with Gasteiger partial charge in [-0.2, -0.15) is 17.5 Å². The number of aliphatic hydroxyl groups excluding tert-OH is 2. The molecule has 0 bridgehead atoms. The van der Waals surface area contributed by atoms with Gasteiger partial charge in [0.25, 0.3) is 0 Å². The van der Waals surface area contributed by atoms with E-state index >= 15 is 0 Å². The summed E-state index contributed by atoms with van der Waals surface area (Å²) in [5.41, 5.74) is 4.14. The molecule has 0 spiro atoms. The number of allylic oxidation sites excluding steroid dienone is 1. The molecule has 2 aromatic heterocycles. The monoisotopic (exact) mass is 1020 g/mol. The molecule has 2 aromatic rings. The number of hydrogen-bond donors (Lipinski definition) is 9. The van der Waals surface area contributed by atoms with E-state index in [1.165, 1.54) is 13.8 Å². The Kier molecular flexibility index (Phi) is 19.5. The second kappa shape index (κ2) is 22.3. The lowest BCUT2D eigenvalue weighted by Gasteiger charge is -2.30. The number of rotatable bonds is 23. The number of hydrogen-bond acceptors (Lipinski definition) is 19. The predicted octanol–water partition coefficient (Wildman–Crippen LogP) is 2.00. The molecule has 1 aliphatic rings. The Morgan fingerprint density at radius 1 is 1.00 bits per heavy atom.